The second-order valence-electron chi connectivity index (χ2n) is 4.71. The summed E-state index contributed by atoms with van der Waals surface area (Å²) in [5.41, 5.74) is 4.12. The number of rotatable bonds is 3. The Morgan fingerprint density at radius 1 is 1.37 bits per heavy atom. The fourth-order valence-electron chi connectivity index (χ4n) is 2.06. The molecule has 5 heteroatoms. The van der Waals surface area contributed by atoms with Gasteiger partial charge in [-0.25, -0.2) is 4.39 Å². The van der Waals surface area contributed by atoms with Crippen LogP contribution in [0.4, 0.5) is 10.1 Å². The predicted molar refractivity (Wildman–Crippen MR) is 78.8 cm³/mol. The molecule has 1 N–H and O–H groups in total. The van der Waals surface area contributed by atoms with E-state index in [2.05, 4.69) is 26.3 Å². The normalized spacial score (nSPS) is 12.5. The quantitative estimate of drug-likeness (QED) is 0.920. The van der Waals surface area contributed by atoms with Crippen LogP contribution in [0.25, 0.3) is 0 Å². The molecular formula is C14H17BrFN3. The lowest BCUT2D eigenvalue weighted by Gasteiger charge is -2.16. The molecule has 0 radical (unpaired) electrons. The van der Waals surface area contributed by atoms with Crippen LogP contribution in [0.1, 0.15) is 29.9 Å². The molecular weight excluding hydrogens is 309 g/mol. The van der Waals surface area contributed by atoms with Gasteiger partial charge in [0.05, 0.1) is 21.5 Å². The first-order valence-electron chi connectivity index (χ1n) is 6.12. The topological polar surface area (TPSA) is 29.9 Å². The van der Waals surface area contributed by atoms with Crippen molar-refractivity contribution in [1.82, 2.24) is 9.78 Å². The maximum Gasteiger partial charge on any atom is 0.137 e. The standard InChI is InChI=1S/C14H17BrFN3/c1-8(11-5-6-13(16)12(15)7-11)17-14-9(2)18-19(4)10(14)3/h5-8,17H,1-4H3. The van der Waals surface area contributed by atoms with Gasteiger partial charge < -0.3 is 5.32 Å². The number of halogens is 2. The van der Waals surface area contributed by atoms with Crippen LogP contribution in [0.2, 0.25) is 0 Å². The van der Waals surface area contributed by atoms with Crippen molar-refractivity contribution in [2.75, 3.05) is 5.32 Å². The van der Waals surface area contributed by atoms with Crippen molar-refractivity contribution in [2.45, 2.75) is 26.8 Å². The maximum atomic E-state index is 13.2. The number of hydrogen-bond donors (Lipinski definition) is 1. The Balaban J connectivity index is 2.25. The molecule has 1 aromatic carbocycles. The van der Waals surface area contributed by atoms with Crippen molar-refractivity contribution in [3.05, 3.63) is 45.4 Å². The van der Waals surface area contributed by atoms with Crippen LogP contribution in [-0.4, -0.2) is 9.78 Å². The average Bonchev–Trinajstić information content (AvgIpc) is 2.59. The molecule has 1 aromatic heterocycles. The molecule has 0 amide bonds. The van der Waals surface area contributed by atoms with Gasteiger partial charge in [-0.05, 0) is 54.4 Å². The Labute approximate surface area is 121 Å². The van der Waals surface area contributed by atoms with Crippen molar-refractivity contribution in [3.63, 3.8) is 0 Å². The molecule has 2 aromatic rings. The van der Waals surface area contributed by atoms with Gasteiger partial charge in [0.2, 0.25) is 0 Å². The largest absolute Gasteiger partial charge is 0.376 e. The number of nitrogens with one attached hydrogen (secondary N) is 1. The molecule has 0 saturated carbocycles. The van der Waals surface area contributed by atoms with E-state index >= 15 is 0 Å². The zero-order valence-corrected chi connectivity index (χ0v) is 13.0. The number of nitrogens with zero attached hydrogens (tertiary/aromatic N) is 2. The summed E-state index contributed by atoms with van der Waals surface area (Å²) in [4.78, 5) is 0. The number of hydrogen-bond acceptors (Lipinski definition) is 2. The second-order valence-corrected chi connectivity index (χ2v) is 5.56. The highest BCUT2D eigenvalue weighted by Gasteiger charge is 2.13. The van der Waals surface area contributed by atoms with Crippen molar-refractivity contribution < 1.29 is 4.39 Å². The second kappa shape index (κ2) is 5.33. The molecule has 0 bridgehead atoms. The van der Waals surface area contributed by atoms with Crippen molar-refractivity contribution in [3.8, 4) is 0 Å². The summed E-state index contributed by atoms with van der Waals surface area (Å²) >= 11 is 3.21. The number of aromatic nitrogens is 2. The molecule has 0 aliphatic heterocycles. The minimum Gasteiger partial charge on any atom is -0.376 e. The summed E-state index contributed by atoms with van der Waals surface area (Å²) in [6.45, 7) is 6.05. The van der Waals surface area contributed by atoms with E-state index in [0.717, 1.165) is 22.6 Å². The summed E-state index contributed by atoms with van der Waals surface area (Å²) in [6.07, 6.45) is 0. The minimum atomic E-state index is -0.246. The van der Waals surface area contributed by atoms with Crippen LogP contribution in [0.15, 0.2) is 22.7 Å². The zero-order chi connectivity index (χ0) is 14.2. The Hall–Kier alpha value is -1.36. The third-order valence-corrected chi connectivity index (χ3v) is 3.92. The smallest absolute Gasteiger partial charge is 0.137 e. The van der Waals surface area contributed by atoms with E-state index < -0.39 is 0 Å². The van der Waals surface area contributed by atoms with Gasteiger partial charge in [0, 0.05) is 13.1 Å². The molecule has 19 heavy (non-hydrogen) atoms. The molecule has 0 aliphatic carbocycles. The molecule has 0 aliphatic rings. The van der Waals surface area contributed by atoms with Gasteiger partial charge in [0.25, 0.3) is 0 Å². The van der Waals surface area contributed by atoms with Crippen LogP contribution < -0.4 is 5.32 Å². The van der Waals surface area contributed by atoms with E-state index in [1.807, 2.05) is 32.5 Å². The summed E-state index contributed by atoms with van der Waals surface area (Å²) in [6, 6.07) is 5.14. The van der Waals surface area contributed by atoms with Crippen LogP contribution in [0, 0.1) is 19.7 Å². The number of aryl methyl sites for hydroxylation is 2. The molecule has 0 fully saturated rings. The third kappa shape index (κ3) is 2.81. The van der Waals surface area contributed by atoms with Gasteiger partial charge in [-0.3, -0.25) is 4.68 Å². The molecule has 1 heterocycles. The summed E-state index contributed by atoms with van der Waals surface area (Å²) < 4.78 is 15.6. The summed E-state index contributed by atoms with van der Waals surface area (Å²) in [5.74, 6) is -0.246. The van der Waals surface area contributed by atoms with E-state index in [9.17, 15) is 4.39 Å². The minimum absolute atomic E-state index is 0.0819. The third-order valence-electron chi connectivity index (χ3n) is 3.31. The maximum absolute atomic E-state index is 13.2. The first kappa shape index (κ1) is 14.1. The first-order chi connectivity index (χ1) is 8.90. The highest BCUT2D eigenvalue weighted by molar-refractivity contribution is 9.10. The monoisotopic (exact) mass is 325 g/mol. The summed E-state index contributed by atoms with van der Waals surface area (Å²) in [7, 11) is 1.92. The van der Waals surface area contributed by atoms with Gasteiger partial charge in [0.15, 0.2) is 0 Å². The number of anilines is 1. The Morgan fingerprint density at radius 3 is 2.58 bits per heavy atom. The van der Waals surface area contributed by atoms with Crippen LogP contribution >= 0.6 is 15.9 Å². The molecule has 2 rings (SSSR count). The van der Waals surface area contributed by atoms with Gasteiger partial charge in [-0.15, -0.1) is 0 Å². The molecule has 3 nitrogen and oxygen atoms in total. The lowest BCUT2D eigenvalue weighted by Crippen LogP contribution is -2.08. The molecule has 1 atom stereocenters. The van der Waals surface area contributed by atoms with Crippen LogP contribution in [-0.2, 0) is 7.05 Å². The fraction of sp³-hybridized carbons (Fsp3) is 0.357. The molecule has 0 spiro atoms. The highest BCUT2D eigenvalue weighted by atomic mass is 79.9. The van der Waals surface area contributed by atoms with E-state index in [1.54, 1.807) is 12.1 Å². The van der Waals surface area contributed by atoms with Gasteiger partial charge >= 0.3 is 0 Å². The van der Waals surface area contributed by atoms with Gasteiger partial charge in [-0.1, -0.05) is 6.07 Å². The van der Waals surface area contributed by atoms with Crippen LogP contribution in [0.3, 0.4) is 0 Å². The summed E-state index contributed by atoms with van der Waals surface area (Å²) in [5, 5.41) is 7.81. The SMILES string of the molecule is Cc1nn(C)c(C)c1NC(C)c1ccc(F)c(Br)c1. The van der Waals surface area contributed by atoms with E-state index in [-0.39, 0.29) is 11.9 Å². The average molecular weight is 326 g/mol. The van der Waals surface area contributed by atoms with Gasteiger partial charge in [-0.2, -0.15) is 5.10 Å². The number of benzene rings is 1. The van der Waals surface area contributed by atoms with Gasteiger partial charge in [0.1, 0.15) is 5.82 Å². The predicted octanol–water partition coefficient (Wildman–Crippen LogP) is 4.11. The Morgan fingerprint density at radius 2 is 2.05 bits per heavy atom. The highest BCUT2D eigenvalue weighted by Crippen LogP contribution is 2.27. The lowest BCUT2D eigenvalue weighted by atomic mass is 10.1. The molecule has 102 valence electrons. The first-order valence-corrected chi connectivity index (χ1v) is 6.91. The lowest BCUT2D eigenvalue weighted by molar-refractivity contribution is 0.619. The van der Waals surface area contributed by atoms with Crippen LogP contribution in [0.5, 0.6) is 0 Å². The van der Waals surface area contributed by atoms with E-state index in [0.29, 0.717) is 4.47 Å². The van der Waals surface area contributed by atoms with Crippen molar-refractivity contribution >= 4 is 21.6 Å². The van der Waals surface area contributed by atoms with Crippen molar-refractivity contribution in [2.24, 2.45) is 7.05 Å². The Kier molecular flexibility index (Phi) is 3.94. The zero-order valence-electron chi connectivity index (χ0n) is 11.5. The van der Waals surface area contributed by atoms with E-state index in [1.165, 1.54) is 6.07 Å². The van der Waals surface area contributed by atoms with E-state index in [4.69, 9.17) is 0 Å². The van der Waals surface area contributed by atoms with Crippen molar-refractivity contribution in [1.29, 1.82) is 0 Å². The Bertz CT molecular complexity index is 607. The molecule has 0 saturated heterocycles. The fourth-order valence-corrected chi connectivity index (χ4v) is 2.46. The molecule has 1 unspecified atom stereocenters.